The first kappa shape index (κ1) is 22.7. The number of hydrogen-bond acceptors (Lipinski definition) is 11. The molecular formula is C11H15FN3O13P3. The Morgan fingerprint density at radius 1 is 1.35 bits per heavy atom. The molecule has 1 aromatic rings. The highest BCUT2D eigenvalue weighted by molar-refractivity contribution is 7.66. The quantitative estimate of drug-likeness (QED) is 0.177. The van der Waals surface area contributed by atoms with Crippen molar-refractivity contribution in [3.05, 3.63) is 22.7 Å². The molecule has 0 aliphatic carbocycles. The molecule has 0 spiro atoms. The summed E-state index contributed by atoms with van der Waals surface area (Å²) >= 11 is 0. The van der Waals surface area contributed by atoms with Gasteiger partial charge in [-0.15, -0.1) is 6.42 Å². The summed E-state index contributed by atoms with van der Waals surface area (Å²) in [6.07, 6.45) is -1.62. The summed E-state index contributed by atoms with van der Waals surface area (Å²) in [6, 6.07) is 1.00. The number of terminal acetylenes is 1. The zero-order valence-corrected chi connectivity index (χ0v) is 17.3. The van der Waals surface area contributed by atoms with E-state index < -0.39 is 59.8 Å². The molecule has 1 saturated heterocycles. The summed E-state index contributed by atoms with van der Waals surface area (Å²) in [5, 5.41) is 10.2. The summed E-state index contributed by atoms with van der Waals surface area (Å²) in [7, 11) is -17.8. The van der Waals surface area contributed by atoms with Crippen LogP contribution in [-0.2, 0) is 31.6 Å². The second-order valence-corrected chi connectivity index (χ2v) is 9.95. The third-order valence-corrected chi connectivity index (χ3v) is 7.04. The van der Waals surface area contributed by atoms with Gasteiger partial charge in [0.25, 0.3) is 0 Å². The van der Waals surface area contributed by atoms with Gasteiger partial charge >= 0.3 is 29.2 Å². The fourth-order valence-electron chi connectivity index (χ4n) is 2.21. The lowest BCUT2D eigenvalue weighted by Gasteiger charge is -2.23. The molecule has 0 saturated carbocycles. The minimum absolute atomic E-state index is 0.292. The average molecular weight is 511 g/mol. The number of hydrogen-bond donors (Lipinski definition) is 6. The number of nitrogens with two attached hydrogens (primary N) is 1. The van der Waals surface area contributed by atoms with Crippen LogP contribution in [0.15, 0.2) is 17.1 Å². The molecule has 7 N–H and O–H groups in total. The smallest absolute Gasteiger partial charge is 0.386 e. The van der Waals surface area contributed by atoms with Crippen molar-refractivity contribution in [2.75, 3.05) is 12.3 Å². The minimum atomic E-state index is -6.08. The third kappa shape index (κ3) is 6.27. The minimum Gasteiger partial charge on any atom is -0.386 e. The lowest BCUT2D eigenvalue weighted by atomic mass is 9.97. The molecule has 3 unspecified atom stereocenters. The van der Waals surface area contributed by atoms with Crippen molar-refractivity contribution >= 4 is 29.3 Å². The maximum atomic E-state index is 15.3. The van der Waals surface area contributed by atoms with Crippen molar-refractivity contribution in [2.24, 2.45) is 0 Å². The lowest BCUT2D eigenvalue weighted by Crippen LogP contribution is -2.44. The molecule has 31 heavy (non-hydrogen) atoms. The van der Waals surface area contributed by atoms with Crippen LogP contribution >= 0.6 is 23.5 Å². The SMILES string of the molecule is [2H]C([2H])(OP(=O)(O)OP(=O)(O)OP(=O)(O)O)[C@H]1O[C@@H](n2ccc(N)nc2=O)C(F)(C#C)[C@H]1O. The maximum absolute atomic E-state index is 15.3. The van der Waals surface area contributed by atoms with E-state index in [2.05, 4.69) is 18.1 Å². The van der Waals surface area contributed by atoms with Crippen LogP contribution in [0.2, 0.25) is 0 Å². The molecule has 16 nitrogen and oxygen atoms in total. The zero-order valence-electron chi connectivity index (χ0n) is 16.7. The number of nitrogen functional groups attached to an aromatic ring is 1. The molecule has 1 fully saturated rings. The molecule has 1 aromatic heterocycles. The molecule has 174 valence electrons. The Labute approximate surface area is 174 Å². The van der Waals surface area contributed by atoms with Crippen LogP contribution < -0.4 is 11.4 Å². The highest BCUT2D eigenvalue weighted by Crippen LogP contribution is 2.66. The van der Waals surface area contributed by atoms with Gasteiger partial charge in [0.2, 0.25) is 5.67 Å². The van der Waals surface area contributed by atoms with E-state index in [9.17, 15) is 28.5 Å². The molecule has 2 heterocycles. The molecule has 0 aromatic carbocycles. The van der Waals surface area contributed by atoms with E-state index in [-0.39, 0.29) is 5.82 Å². The van der Waals surface area contributed by atoms with Crippen molar-refractivity contribution in [2.45, 2.75) is 24.1 Å². The van der Waals surface area contributed by atoms with E-state index in [1.807, 2.05) is 0 Å². The van der Waals surface area contributed by atoms with Crippen molar-refractivity contribution in [3.63, 3.8) is 0 Å². The van der Waals surface area contributed by atoms with Gasteiger partial charge in [-0.2, -0.15) is 13.6 Å². The molecule has 6 atom stereocenters. The number of aromatic nitrogens is 2. The van der Waals surface area contributed by atoms with E-state index in [0.717, 1.165) is 12.3 Å². The number of alkyl halides is 1. The van der Waals surface area contributed by atoms with E-state index in [0.29, 0.717) is 4.57 Å². The van der Waals surface area contributed by atoms with Gasteiger partial charge in [0.15, 0.2) is 6.23 Å². The van der Waals surface area contributed by atoms with Gasteiger partial charge in [-0.3, -0.25) is 9.09 Å². The van der Waals surface area contributed by atoms with Crippen molar-refractivity contribution in [1.82, 2.24) is 9.55 Å². The van der Waals surface area contributed by atoms with E-state index in [1.165, 1.54) is 5.92 Å². The molecule has 1 aliphatic rings. The highest BCUT2D eigenvalue weighted by atomic mass is 31.3. The normalized spacial score (nSPS) is 31.7. The van der Waals surface area contributed by atoms with Gasteiger partial charge in [0.1, 0.15) is 18.0 Å². The van der Waals surface area contributed by atoms with Crippen LogP contribution in [0.3, 0.4) is 0 Å². The Morgan fingerprint density at radius 3 is 2.48 bits per heavy atom. The largest absolute Gasteiger partial charge is 0.490 e. The fourth-order valence-corrected chi connectivity index (χ4v) is 5.09. The Balaban J connectivity index is 2.35. The van der Waals surface area contributed by atoms with Crippen molar-refractivity contribution in [3.8, 4) is 12.3 Å². The Morgan fingerprint density at radius 2 is 1.97 bits per heavy atom. The first-order chi connectivity index (χ1) is 14.7. The van der Waals surface area contributed by atoms with E-state index in [4.69, 9.17) is 34.3 Å². The van der Waals surface area contributed by atoms with Gasteiger partial charge in [-0.05, 0) is 6.07 Å². The molecular weight excluding hydrogens is 494 g/mol. The zero-order chi connectivity index (χ0) is 25.6. The summed E-state index contributed by atoms with van der Waals surface area (Å²) in [5.41, 5.74) is 0.719. The maximum Gasteiger partial charge on any atom is 0.490 e. The summed E-state index contributed by atoms with van der Waals surface area (Å²) in [5.74, 6) is 1.18. The Kier molecular flexibility index (Phi) is 6.44. The predicted molar refractivity (Wildman–Crippen MR) is 95.3 cm³/mol. The average Bonchev–Trinajstić information content (AvgIpc) is 2.83. The number of rotatable bonds is 8. The number of nitrogens with zero attached hydrogens (tertiary/aromatic N) is 2. The number of ether oxygens (including phenoxy) is 1. The number of anilines is 1. The monoisotopic (exact) mass is 511 g/mol. The van der Waals surface area contributed by atoms with Gasteiger partial charge in [-0.25, -0.2) is 22.9 Å². The molecule has 0 bridgehead atoms. The molecule has 20 heteroatoms. The van der Waals surface area contributed by atoms with Gasteiger partial charge in [0, 0.05) is 6.20 Å². The van der Waals surface area contributed by atoms with E-state index in [1.54, 1.807) is 0 Å². The first-order valence-corrected chi connectivity index (χ1v) is 11.9. The van der Waals surface area contributed by atoms with Crippen LogP contribution in [0.1, 0.15) is 8.97 Å². The number of aliphatic hydroxyl groups is 1. The van der Waals surface area contributed by atoms with Crippen molar-refractivity contribution in [1.29, 1.82) is 0 Å². The number of halogens is 1. The summed E-state index contributed by atoms with van der Waals surface area (Å²) < 4.78 is 80.9. The van der Waals surface area contributed by atoms with Crippen LogP contribution in [0.25, 0.3) is 0 Å². The highest BCUT2D eigenvalue weighted by Gasteiger charge is 2.58. The Hall–Kier alpha value is -1.50. The van der Waals surface area contributed by atoms with Crippen LogP contribution in [-0.4, -0.2) is 58.7 Å². The number of aliphatic hydroxyl groups excluding tert-OH is 1. The van der Waals surface area contributed by atoms with Crippen LogP contribution in [0.5, 0.6) is 0 Å². The van der Waals surface area contributed by atoms with Crippen molar-refractivity contribution < 1.29 is 63.4 Å². The topological polar surface area (TPSA) is 250 Å². The van der Waals surface area contributed by atoms with Crippen LogP contribution in [0, 0.1) is 12.3 Å². The number of phosphoric acid groups is 3. The van der Waals surface area contributed by atoms with E-state index >= 15 is 4.39 Å². The molecule has 0 radical (unpaired) electrons. The second kappa shape index (κ2) is 8.80. The predicted octanol–water partition coefficient (Wildman–Crippen LogP) is -1.23. The number of phosphoric ester groups is 1. The standard InChI is InChI=1S/C11H15FN3O13P3/c1-2-11(12)8(16)6(26-9(11)15-4-3-7(13)14-10(15)17)5-25-30(21,22)28-31(23,24)27-29(18,19)20/h1,3-4,6,8-9,16H,5H2,(H,21,22)(H,23,24)(H2,13,14,17)(H2,18,19,20)/t6-,8+,9-,11?/m1/s1/i5D2. The molecule has 0 amide bonds. The summed E-state index contributed by atoms with van der Waals surface area (Å²) in [4.78, 5) is 50.9. The fraction of sp³-hybridized carbons (Fsp3) is 0.455. The Bertz CT molecular complexity index is 1170. The molecule has 2 rings (SSSR count). The van der Waals surface area contributed by atoms with Gasteiger partial charge in [0.05, 0.1) is 9.30 Å². The lowest BCUT2D eigenvalue weighted by molar-refractivity contribution is -0.0534. The second-order valence-electron chi connectivity index (χ2n) is 5.61. The van der Waals surface area contributed by atoms with Gasteiger partial charge in [-0.1, -0.05) is 5.92 Å². The first-order valence-electron chi connectivity index (χ1n) is 8.42. The van der Waals surface area contributed by atoms with Crippen LogP contribution in [0.4, 0.5) is 10.2 Å². The third-order valence-electron chi connectivity index (χ3n) is 3.38. The molecule has 1 aliphatic heterocycles. The van der Waals surface area contributed by atoms with Gasteiger partial charge < -0.3 is 35.2 Å². The summed E-state index contributed by atoms with van der Waals surface area (Å²) in [6.45, 7) is -3.75.